The minimum absolute atomic E-state index is 0.0369. The van der Waals surface area contributed by atoms with Gasteiger partial charge < -0.3 is 4.98 Å². The van der Waals surface area contributed by atoms with Crippen molar-refractivity contribution in [3.05, 3.63) is 39.0 Å². The van der Waals surface area contributed by atoms with E-state index >= 15 is 0 Å². The highest BCUT2D eigenvalue weighted by atomic mass is 32.2. The molecule has 2 saturated carbocycles. The van der Waals surface area contributed by atoms with Gasteiger partial charge in [0.2, 0.25) is 10.0 Å². The van der Waals surface area contributed by atoms with E-state index < -0.39 is 21.3 Å². The van der Waals surface area contributed by atoms with Gasteiger partial charge in [-0.2, -0.15) is 4.31 Å². The van der Waals surface area contributed by atoms with Crippen LogP contribution >= 0.6 is 0 Å². The Bertz CT molecular complexity index is 1060. The Morgan fingerprint density at radius 1 is 1.00 bits per heavy atom. The Hall–Kier alpha value is -1.93. The van der Waals surface area contributed by atoms with E-state index in [0.717, 1.165) is 44.9 Å². The van der Waals surface area contributed by atoms with Crippen molar-refractivity contribution in [2.45, 2.75) is 68.8 Å². The highest BCUT2D eigenvalue weighted by Gasteiger charge is 2.43. The van der Waals surface area contributed by atoms with Crippen LogP contribution in [0.4, 0.5) is 0 Å². The van der Waals surface area contributed by atoms with Gasteiger partial charge in [0, 0.05) is 12.1 Å². The van der Waals surface area contributed by atoms with Crippen molar-refractivity contribution in [1.29, 1.82) is 0 Å². The number of H-pyrrole nitrogens is 2. The molecule has 1 aromatic heterocycles. The maximum absolute atomic E-state index is 13.4. The SMILES string of the molecule is CCC1CCC(N(C2CC2)S(=O)(=O)c2ccc3[nH]c(=O)[nH]c(=O)c3c2)CC1. The molecule has 2 fully saturated rings. The lowest BCUT2D eigenvalue weighted by atomic mass is 9.84. The standard InChI is InChI=1S/C19H25N3O4S/c1-2-12-3-5-13(6-4-12)22(14-7-8-14)27(25,26)15-9-10-17-16(11-15)18(23)21-19(24)20-17/h9-14H,2-8H2,1H3,(H2,20,21,23,24). The summed E-state index contributed by atoms with van der Waals surface area (Å²) in [5, 5.41) is 0.182. The summed E-state index contributed by atoms with van der Waals surface area (Å²) >= 11 is 0. The molecule has 146 valence electrons. The maximum atomic E-state index is 13.4. The quantitative estimate of drug-likeness (QED) is 0.816. The molecule has 1 heterocycles. The second-order valence-corrected chi connectivity index (χ2v) is 9.61. The van der Waals surface area contributed by atoms with Crippen molar-refractivity contribution in [1.82, 2.24) is 14.3 Å². The van der Waals surface area contributed by atoms with E-state index in [0.29, 0.717) is 11.4 Å². The lowest BCUT2D eigenvalue weighted by molar-refractivity contribution is 0.206. The first-order valence-electron chi connectivity index (χ1n) is 9.70. The summed E-state index contributed by atoms with van der Waals surface area (Å²) in [5.74, 6) is 0.695. The number of nitrogens with one attached hydrogen (secondary N) is 2. The van der Waals surface area contributed by atoms with Gasteiger partial charge in [-0.25, -0.2) is 13.2 Å². The molecule has 0 radical (unpaired) electrons. The molecule has 0 amide bonds. The normalized spacial score (nSPS) is 23.8. The van der Waals surface area contributed by atoms with E-state index in [1.165, 1.54) is 18.2 Å². The molecule has 2 N–H and O–H groups in total. The van der Waals surface area contributed by atoms with Crippen molar-refractivity contribution in [3.63, 3.8) is 0 Å². The topological polar surface area (TPSA) is 103 Å². The van der Waals surface area contributed by atoms with E-state index in [1.807, 2.05) is 0 Å². The lowest BCUT2D eigenvalue weighted by Gasteiger charge is -2.36. The fraction of sp³-hybridized carbons (Fsp3) is 0.579. The summed E-state index contributed by atoms with van der Waals surface area (Å²) in [7, 11) is -3.69. The summed E-state index contributed by atoms with van der Waals surface area (Å²) in [6.07, 6.45) is 6.87. The zero-order chi connectivity index (χ0) is 19.2. The lowest BCUT2D eigenvalue weighted by Crippen LogP contribution is -2.43. The molecule has 0 bridgehead atoms. The number of aromatic nitrogens is 2. The van der Waals surface area contributed by atoms with Crippen molar-refractivity contribution >= 4 is 20.9 Å². The highest BCUT2D eigenvalue weighted by molar-refractivity contribution is 7.89. The Morgan fingerprint density at radius 2 is 1.63 bits per heavy atom. The van der Waals surface area contributed by atoms with Gasteiger partial charge in [-0.1, -0.05) is 13.3 Å². The summed E-state index contributed by atoms with van der Waals surface area (Å²) in [6.45, 7) is 2.19. The van der Waals surface area contributed by atoms with Gasteiger partial charge in [-0.15, -0.1) is 0 Å². The van der Waals surface area contributed by atoms with E-state index in [4.69, 9.17) is 0 Å². The van der Waals surface area contributed by atoms with Gasteiger partial charge >= 0.3 is 5.69 Å². The first-order chi connectivity index (χ1) is 12.9. The monoisotopic (exact) mass is 391 g/mol. The molecule has 1 aromatic carbocycles. The van der Waals surface area contributed by atoms with Crippen LogP contribution in [0, 0.1) is 5.92 Å². The smallest absolute Gasteiger partial charge is 0.307 e. The fourth-order valence-electron chi connectivity index (χ4n) is 4.25. The van der Waals surface area contributed by atoms with Crippen molar-refractivity contribution < 1.29 is 8.42 Å². The summed E-state index contributed by atoms with van der Waals surface area (Å²) in [5.41, 5.74) is -0.841. The molecule has 4 rings (SSSR count). The number of rotatable bonds is 5. The van der Waals surface area contributed by atoms with Crippen LogP contribution in [0.1, 0.15) is 51.9 Å². The van der Waals surface area contributed by atoms with E-state index in [1.54, 1.807) is 4.31 Å². The zero-order valence-electron chi connectivity index (χ0n) is 15.4. The van der Waals surface area contributed by atoms with E-state index in [9.17, 15) is 18.0 Å². The molecular formula is C19H25N3O4S. The van der Waals surface area contributed by atoms with Gasteiger partial charge in [-0.3, -0.25) is 9.78 Å². The van der Waals surface area contributed by atoms with Gasteiger partial charge in [0.25, 0.3) is 5.56 Å². The molecule has 0 unspecified atom stereocenters. The molecule has 8 heteroatoms. The highest BCUT2D eigenvalue weighted by Crippen LogP contribution is 2.39. The number of sulfonamides is 1. The second kappa shape index (κ2) is 6.91. The van der Waals surface area contributed by atoms with Gasteiger partial charge in [0.15, 0.2) is 0 Å². The van der Waals surface area contributed by atoms with Gasteiger partial charge in [0.1, 0.15) is 0 Å². The van der Waals surface area contributed by atoms with Crippen LogP contribution in [-0.4, -0.2) is 34.8 Å². The molecule has 0 atom stereocenters. The van der Waals surface area contributed by atoms with E-state index in [2.05, 4.69) is 16.9 Å². The largest absolute Gasteiger partial charge is 0.326 e. The number of aromatic amines is 2. The minimum atomic E-state index is -3.69. The first kappa shape index (κ1) is 18.4. The van der Waals surface area contributed by atoms with Crippen molar-refractivity contribution in [2.75, 3.05) is 0 Å². The Labute approximate surface area is 157 Å². The third kappa shape index (κ3) is 3.48. The Morgan fingerprint density at radius 3 is 2.22 bits per heavy atom. The number of hydrogen-bond acceptors (Lipinski definition) is 4. The molecule has 2 aromatic rings. The van der Waals surface area contributed by atoms with Crippen LogP contribution in [0.5, 0.6) is 0 Å². The van der Waals surface area contributed by atoms with Crippen LogP contribution in [0.2, 0.25) is 0 Å². The number of hydrogen-bond donors (Lipinski definition) is 2. The fourth-order valence-corrected chi connectivity index (χ4v) is 6.21. The van der Waals surface area contributed by atoms with Gasteiger partial charge in [0.05, 0.1) is 15.8 Å². The van der Waals surface area contributed by atoms with Crippen LogP contribution < -0.4 is 11.2 Å². The number of nitrogens with zero attached hydrogens (tertiary/aromatic N) is 1. The summed E-state index contributed by atoms with van der Waals surface area (Å²) in [4.78, 5) is 28.3. The molecule has 0 aliphatic heterocycles. The molecule has 0 saturated heterocycles. The first-order valence-corrected chi connectivity index (χ1v) is 11.1. The Kier molecular flexibility index (Phi) is 4.71. The number of benzene rings is 1. The predicted octanol–water partition coefficient (Wildman–Crippen LogP) is 2.34. The maximum Gasteiger partial charge on any atom is 0.326 e. The second-order valence-electron chi connectivity index (χ2n) is 7.76. The molecular weight excluding hydrogens is 366 g/mol. The summed E-state index contributed by atoms with van der Waals surface area (Å²) in [6, 6.07) is 4.47. The zero-order valence-corrected chi connectivity index (χ0v) is 16.2. The average Bonchev–Trinajstić information content (AvgIpc) is 3.46. The van der Waals surface area contributed by atoms with Gasteiger partial charge in [-0.05, 0) is 62.6 Å². The van der Waals surface area contributed by atoms with Crippen LogP contribution in [0.25, 0.3) is 10.9 Å². The third-order valence-electron chi connectivity index (χ3n) is 5.95. The van der Waals surface area contributed by atoms with Crippen molar-refractivity contribution in [2.24, 2.45) is 5.92 Å². The molecule has 2 aliphatic rings. The van der Waals surface area contributed by atoms with Crippen LogP contribution in [-0.2, 0) is 10.0 Å². The average molecular weight is 391 g/mol. The third-order valence-corrected chi connectivity index (χ3v) is 7.95. The Balaban J connectivity index is 1.71. The van der Waals surface area contributed by atoms with Crippen LogP contribution in [0.3, 0.4) is 0 Å². The van der Waals surface area contributed by atoms with Crippen LogP contribution in [0.15, 0.2) is 32.7 Å². The van der Waals surface area contributed by atoms with Crippen molar-refractivity contribution in [3.8, 4) is 0 Å². The molecule has 27 heavy (non-hydrogen) atoms. The molecule has 0 spiro atoms. The predicted molar refractivity (Wildman–Crippen MR) is 103 cm³/mol. The number of fused-ring (bicyclic) bond motifs is 1. The minimum Gasteiger partial charge on any atom is -0.307 e. The molecule has 2 aliphatic carbocycles. The van der Waals surface area contributed by atoms with E-state index in [-0.39, 0.29) is 22.4 Å². The molecule has 7 nitrogen and oxygen atoms in total. The summed E-state index contributed by atoms with van der Waals surface area (Å²) < 4.78 is 28.6.